The van der Waals surface area contributed by atoms with Crippen LogP contribution in [0.25, 0.3) is 0 Å². The molecule has 1 aliphatic carbocycles. The normalized spacial score (nSPS) is 33.7. The summed E-state index contributed by atoms with van der Waals surface area (Å²) in [5.74, 6) is -0.387. The molecular weight excluding hydrogens is 444 g/mol. The molecule has 10 nitrogen and oxygen atoms in total. The molecule has 3 aliphatic heterocycles. The van der Waals surface area contributed by atoms with Crippen molar-refractivity contribution >= 4 is 21.6 Å². The van der Waals surface area contributed by atoms with Gasteiger partial charge in [0.25, 0.3) is 0 Å². The Kier molecular flexibility index (Phi) is 6.05. The van der Waals surface area contributed by atoms with Gasteiger partial charge in [-0.25, -0.2) is 18.9 Å². The van der Waals surface area contributed by atoms with Crippen LogP contribution in [0.1, 0.15) is 37.7 Å². The molecule has 1 amide bonds. The Morgan fingerprint density at radius 2 is 2.03 bits per heavy atom. The predicted molar refractivity (Wildman–Crippen MR) is 120 cm³/mol. The first-order valence-corrected chi connectivity index (χ1v) is 13.1. The second-order valence-electron chi connectivity index (χ2n) is 9.30. The summed E-state index contributed by atoms with van der Waals surface area (Å²) in [5.41, 5.74) is 4.91. The second-order valence-corrected chi connectivity index (χ2v) is 11.2. The molecule has 3 heterocycles. The molecule has 1 saturated carbocycles. The molecule has 0 spiro atoms. The summed E-state index contributed by atoms with van der Waals surface area (Å²) in [6, 6.07) is 7.66. The van der Waals surface area contributed by atoms with E-state index in [1.54, 1.807) is 12.1 Å². The van der Waals surface area contributed by atoms with Crippen LogP contribution in [-0.4, -0.2) is 66.7 Å². The van der Waals surface area contributed by atoms with Gasteiger partial charge in [0.15, 0.2) is 0 Å². The van der Waals surface area contributed by atoms with Gasteiger partial charge in [-0.05, 0) is 43.0 Å². The lowest BCUT2D eigenvalue weighted by atomic mass is 9.83. The van der Waals surface area contributed by atoms with Crippen LogP contribution in [0.2, 0.25) is 0 Å². The highest BCUT2D eigenvalue weighted by Gasteiger charge is 2.51. The van der Waals surface area contributed by atoms with Crippen LogP contribution >= 0.6 is 0 Å². The van der Waals surface area contributed by atoms with E-state index in [0.717, 1.165) is 37.8 Å². The number of hydrazine groups is 1. The summed E-state index contributed by atoms with van der Waals surface area (Å²) >= 11 is 0. The van der Waals surface area contributed by atoms with Crippen molar-refractivity contribution < 1.29 is 18.3 Å². The van der Waals surface area contributed by atoms with Crippen LogP contribution in [-0.2, 0) is 21.4 Å². The fourth-order valence-electron chi connectivity index (χ4n) is 5.85. The minimum Gasteiger partial charge on any atom is -0.395 e. The summed E-state index contributed by atoms with van der Waals surface area (Å²) in [6.45, 7) is 0.663. The molecular formula is C22H30N6O4S. The van der Waals surface area contributed by atoms with Crippen molar-refractivity contribution in [1.29, 1.82) is 5.26 Å². The number of nitriles is 1. The Morgan fingerprint density at radius 3 is 2.82 bits per heavy atom. The number of piperidine rings is 1. The number of rotatable bonds is 5. The Balaban J connectivity index is 1.39. The van der Waals surface area contributed by atoms with Crippen LogP contribution in [0.3, 0.4) is 0 Å². The molecule has 4 aliphatic rings. The van der Waals surface area contributed by atoms with Crippen molar-refractivity contribution in [3.8, 4) is 6.07 Å². The number of nitrogens with one attached hydrogen (secondary N) is 3. The van der Waals surface area contributed by atoms with Crippen molar-refractivity contribution in [2.45, 2.75) is 61.8 Å². The number of anilines is 1. The SMILES string of the molecule is N#C[C@H]1CCCC[C@@H]1N1NC(Nc2ccc3c(c2)CN(CCO)S3(=O)=O)C2C(=O)NCCC21. The number of fused-ring (bicyclic) bond motifs is 2. The van der Waals surface area contributed by atoms with Crippen molar-refractivity contribution in [1.82, 2.24) is 20.1 Å². The number of carbonyl (C=O) groups is 1. The van der Waals surface area contributed by atoms with Gasteiger partial charge in [0.1, 0.15) is 6.17 Å². The van der Waals surface area contributed by atoms with Crippen molar-refractivity contribution in [2.75, 3.05) is 25.0 Å². The number of aliphatic hydroxyl groups is 1. The summed E-state index contributed by atoms with van der Waals surface area (Å²) in [4.78, 5) is 13.1. The minimum atomic E-state index is -3.59. The van der Waals surface area contributed by atoms with E-state index in [9.17, 15) is 23.6 Å². The first kappa shape index (κ1) is 22.6. The van der Waals surface area contributed by atoms with Gasteiger partial charge in [-0.2, -0.15) is 9.57 Å². The summed E-state index contributed by atoms with van der Waals surface area (Å²) in [5, 5.41) is 27.4. The van der Waals surface area contributed by atoms with E-state index in [1.165, 1.54) is 4.31 Å². The number of hydrogen-bond donors (Lipinski definition) is 4. The lowest BCUT2D eigenvalue weighted by Gasteiger charge is -2.39. The molecule has 5 rings (SSSR count). The monoisotopic (exact) mass is 474 g/mol. The molecule has 0 radical (unpaired) electrons. The zero-order valence-corrected chi connectivity index (χ0v) is 19.2. The van der Waals surface area contributed by atoms with E-state index in [-0.39, 0.29) is 60.6 Å². The average Bonchev–Trinajstić information content (AvgIpc) is 3.29. The molecule has 11 heteroatoms. The molecule has 3 unspecified atom stereocenters. The number of benzene rings is 1. The standard InChI is InChI=1S/C22H30N6O4S/c23-12-14-3-1-2-4-17(14)28-18-7-8-24-22(30)20(18)21(26-28)25-16-5-6-19-15(11-16)13-27(9-10-29)33(19,31)32/h5-6,11,14,17-18,20-21,25-26,29H,1-4,7-10,13H2,(H,24,30)/t14-,17+,18?,20?,21?/m1/s1. The largest absolute Gasteiger partial charge is 0.395 e. The van der Waals surface area contributed by atoms with Crippen LogP contribution in [0.4, 0.5) is 5.69 Å². The first-order valence-electron chi connectivity index (χ1n) is 11.7. The van der Waals surface area contributed by atoms with Crippen LogP contribution < -0.4 is 16.1 Å². The van der Waals surface area contributed by atoms with Gasteiger partial charge in [-0.3, -0.25) is 4.79 Å². The molecule has 2 saturated heterocycles. The third kappa shape index (κ3) is 3.90. The van der Waals surface area contributed by atoms with E-state index < -0.39 is 10.0 Å². The number of nitrogens with zero attached hydrogens (tertiary/aromatic N) is 3. The topological polar surface area (TPSA) is 138 Å². The van der Waals surface area contributed by atoms with E-state index in [4.69, 9.17) is 0 Å². The number of carbonyl (C=O) groups excluding carboxylic acids is 1. The Bertz CT molecular complexity index is 1070. The van der Waals surface area contributed by atoms with Gasteiger partial charge >= 0.3 is 0 Å². The van der Waals surface area contributed by atoms with Crippen molar-refractivity contribution in [2.24, 2.45) is 11.8 Å². The van der Waals surface area contributed by atoms with E-state index in [2.05, 4.69) is 27.1 Å². The molecule has 4 N–H and O–H groups in total. The van der Waals surface area contributed by atoms with E-state index >= 15 is 0 Å². The van der Waals surface area contributed by atoms with Crippen LogP contribution in [0, 0.1) is 23.2 Å². The molecule has 3 fully saturated rings. The third-order valence-corrected chi connectivity index (χ3v) is 9.36. The lowest BCUT2D eigenvalue weighted by Crippen LogP contribution is -2.54. The van der Waals surface area contributed by atoms with Gasteiger partial charge in [-0.1, -0.05) is 12.8 Å². The maximum atomic E-state index is 12.9. The fourth-order valence-corrected chi connectivity index (χ4v) is 7.45. The predicted octanol–water partition coefficient (Wildman–Crippen LogP) is 0.328. The molecule has 0 bridgehead atoms. The molecule has 0 aromatic heterocycles. The highest BCUT2D eigenvalue weighted by Crippen LogP contribution is 2.37. The van der Waals surface area contributed by atoms with Gasteiger partial charge in [0, 0.05) is 37.4 Å². The van der Waals surface area contributed by atoms with Crippen molar-refractivity contribution in [3.05, 3.63) is 23.8 Å². The first-order chi connectivity index (χ1) is 15.9. The number of sulfonamides is 1. The Hall–Kier alpha value is -2.23. The number of β-amino-alcohol motifs (C(OH)–C–C–N with tert-alkyl or cyclic N) is 1. The second kappa shape index (κ2) is 8.85. The number of aliphatic hydroxyl groups excluding tert-OH is 1. The van der Waals surface area contributed by atoms with Gasteiger partial charge < -0.3 is 15.7 Å². The molecule has 1 aromatic rings. The highest BCUT2D eigenvalue weighted by molar-refractivity contribution is 7.89. The highest BCUT2D eigenvalue weighted by atomic mass is 32.2. The summed E-state index contributed by atoms with van der Waals surface area (Å²) in [6.07, 6.45) is 4.40. The summed E-state index contributed by atoms with van der Waals surface area (Å²) < 4.78 is 26.5. The maximum absolute atomic E-state index is 12.9. The Morgan fingerprint density at radius 1 is 1.21 bits per heavy atom. The smallest absolute Gasteiger partial charge is 0.243 e. The van der Waals surface area contributed by atoms with E-state index in [1.807, 2.05) is 6.07 Å². The molecule has 1 aromatic carbocycles. The van der Waals surface area contributed by atoms with Crippen molar-refractivity contribution in [3.63, 3.8) is 0 Å². The van der Waals surface area contributed by atoms with Crippen LogP contribution in [0.15, 0.2) is 23.1 Å². The fraction of sp³-hybridized carbons (Fsp3) is 0.636. The molecule has 33 heavy (non-hydrogen) atoms. The van der Waals surface area contributed by atoms with Gasteiger partial charge in [0.2, 0.25) is 15.9 Å². The van der Waals surface area contributed by atoms with Crippen LogP contribution in [0.5, 0.6) is 0 Å². The average molecular weight is 475 g/mol. The minimum absolute atomic E-state index is 0.00468. The quantitative estimate of drug-likeness (QED) is 0.479. The maximum Gasteiger partial charge on any atom is 0.243 e. The zero-order chi connectivity index (χ0) is 23.2. The molecule has 5 atom stereocenters. The number of hydrogen-bond acceptors (Lipinski definition) is 8. The zero-order valence-electron chi connectivity index (χ0n) is 18.4. The Labute approximate surface area is 193 Å². The number of amides is 1. The summed E-state index contributed by atoms with van der Waals surface area (Å²) in [7, 11) is -3.59. The van der Waals surface area contributed by atoms with Gasteiger partial charge in [0.05, 0.1) is 29.4 Å². The van der Waals surface area contributed by atoms with E-state index in [0.29, 0.717) is 12.1 Å². The van der Waals surface area contributed by atoms with Gasteiger partial charge in [-0.15, -0.1) is 0 Å². The lowest BCUT2D eigenvalue weighted by molar-refractivity contribution is -0.128. The third-order valence-electron chi connectivity index (χ3n) is 7.41. The molecule has 178 valence electrons.